The Balaban J connectivity index is 1.66. The van der Waals surface area contributed by atoms with Gasteiger partial charge in [0.15, 0.2) is 0 Å². The first-order valence-corrected chi connectivity index (χ1v) is 11.1. The summed E-state index contributed by atoms with van der Waals surface area (Å²) in [6.45, 7) is 3.60. The minimum Gasteiger partial charge on any atom is -0.468 e. The van der Waals surface area contributed by atoms with E-state index in [1.807, 2.05) is 0 Å². The summed E-state index contributed by atoms with van der Waals surface area (Å²) in [6, 6.07) is 15.7. The number of hydrogen-bond acceptors (Lipinski definition) is 5. The van der Waals surface area contributed by atoms with Gasteiger partial charge in [-0.15, -0.1) is 0 Å². The number of sulfonamides is 1. The van der Waals surface area contributed by atoms with Gasteiger partial charge in [0.05, 0.1) is 17.7 Å². The SMILES string of the molecule is CC(C)C(=O)Nc1ccc(C(=O)Nc2cccc(S(=O)(=O)NCc3ccco3)c2)cc1. The van der Waals surface area contributed by atoms with Gasteiger partial charge in [0.1, 0.15) is 5.76 Å². The van der Waals surface area contributed by atoms with Crippen LogP contribution in [0.1, 0.15) is 30.0 Å². The second kappa shape index (κ2) is 9.59. The number of rotatable bonds is 8. The van der Waals surface area contributed by atoms with Gasteiger partial charge < -0.3 is 15.1 Å². The van der Waals surface area contributed by atoms with Crippen LogP contribution >= 0.6 is 0 Å². The number of benzene rings is 2. The molecule has 0 fully saturated rings. The number of anilines is 2. The Labute approximate surface area is 180 Å². The van der Waals surface area contributed by atoms with E-state index in [0.717, 1.165) is 0 Å². The van der Waals surface area contributed by atoms with Crippen LogP contribution in [0, 0.1) is 5.92 Å². The highest BCUT2D eigenvalue weighted by Crippen LogP contribution is 2.18. The summed E-state index contributed by atoms with van der Waals surface area (Å²) in [4.78, 5) is 24.3. The summed E-state index contributed by atoms with van der Waals surface area (Å²) in [5.74, 6) is -0.183. The van der Waals surface area contributed by atoms with Crippen molar-refractivity contribution in [3.05, 3.63) is 78.3 Å². The van der Waals surface area contributed by atoms with Crippen molar-refractivity contribution in [3.63, 3.8) is 0 Å². The van der Waals surface area contributed by atoms with Crippen molar-refractivity contribution in [2.45, 2.75) is 25.3 Å². The quantitative estimate of drug-likeness (QED) is 0.494. The van der Waals surface area contributed by atoms with Crippen LogP contribution in [0.4, 0.5) is 11.4 Å². The molecule has 3 aromatic rings. The molecule has 1 aromatic heterocycles. The van der Waals surface area contributed by atoms with Gasteiger partial charge in [0.25, 0.3) is 5.91 Å². The molecule has 0 radical (unpaired) electrons. The maximum Gasteiger partial charge on any atom is 0.255 e. The summed E-state index contributed by atoms with van der Waals surface area (Å²) in [5, 5.41) is 5.43. The van der Waals surface area contributed by atoms with Gasteiger partial charge in [0.2, 0.25) is 15.9 Å². The highest BCUT2D eigenvalue weighted by atomic mass is 32.2. The zero-order chi connectivity index (χ0) is 22.4. The number of hydrogen-bond donors (Lipinski definition) is 3. The van der Waals surface area contributed by atoms with Crippen LogP contribution in [-0.2, 0) is 21.4 Å². The molecule has 2 amide bonds. The van der Waals surface area contributed by atoms with Crippen LogP contribution in [0.5, 0.6) is 0 Å². The molecule has 0 spiro atoms. The minimum absolute atomic E-state index is 0.0172. The molecule has 0 atom stereocenters. The fourth-order valence-corrected chi connectivity index (χ4v) is 3.64. The molecule has 0 bridgehead atoms. The van der Waals surface area contributed by atoms with E-state index in [2.05, 4.69) is 15.4 Å². The van der Waals surface area contributed by atoms with Crippen molar-refractivity contribution < 1.29 is 22.4 Å². The second-order valence-electron chi connectivity index (χ2n) is 7.11. The van der Waals surface area contributed by atoms with Gasteiger partial charge in [-0.25, -0.2) is 13.1 Å². The Morgan fingerprint density at radius 1 is 0.935 bits per heavy atom. The average Bonchev–Trinajstić information content (AvgIpc) is 3.27. The Morgan fingerprint density at radius 3 is 2.32 bits per heavy atom. The van der Waals surface area contributed by atoms with Gasteiger partial charge in [0, 0.05) is 22.9 Å². The third kappa shape index (κ3) is 6.03. The van der Waals surface area contributed by atoms with Crippen LogP contribution in [0.15, 0.2) is 76.2 Å². The largest absolute Gasteiger partial charge is 0.468 e. The van der Waals surface area contributed by atoms with E-state index < -0.39 is 15.9 Å². The van der Waals surface area contributed by atoms with Gasteiger partial charge in [-0.2, -0.15) is 0 Å². The van der Waals surface area contributed by atoms with Crippen LogP contribution in [-0.4, -0.2) is 20.2 Å². The Hall–Kier alpha value is -3.43. The van der Waals surface area contributed by atoms with Crippen molar-refractivity contribution >= 4 is 33.2 Å². The lowest BCUT2D eigenvalue weighted by Gasteiger charge is -2.10. The summed E-state index contributed by atoms with van der Waals surface area (Å²) < 4.78 is 32.6. The zero-order valence-electron chi connectivity index (χ0n) is 17.1. The molecule has 0 aliphatic carbocycles. The molecule has 3 rings (SSSR count). The van der Waals surface area contributed by atoms with Crippen molar-refractivity contribution in [2.75, 3.05) is 10.6 Å². The monoisotopic (exact) mass is 441 g/mol. The van der Waals surface area contributed by atoms with Crippen LogP contribution < -0.4 is 15.4 Å². The first-order chi connectivity index (χ1) is 14.7. The second-order valence-corrected chi connectivity index (χ2v) is 8.87. The summed E-state index contributed by atoms with van der Waals surface area (Å²) in [6.07, 6.45) is 1.46. The number of carbonyl (C=O) groups is 2. The zero-order valence-corrected chi connectivity index (χ0v) is 17.9. The predicted molar refractivity (Wildman–Crippen MR) is 117 cm³/mol. The fourth-order valence-electron chi connectivity index (χ4n) is 2.60. The normalized spacial score (nSPS) is 11.3. The molecule has 2 aromatic carbocycles. The first-order valence-electron chi connectivity index (χ1n) is 9.59. The van der Waals surface area contributed by atoms with Crippen molar-refractivity contribution in [2.24, 2.45) is 5.92 Å². The maximum atomic E-state index is 12.5. The number of carbonyl (C=O) groups excluding carboxylic acids is 2. The molecule has 8 nitrogen and oxygen atoms in total. The maximum absolute atomic E-state index is 12.5. The highest BCUT2D eigenvalue weighted by Gasteiger charge is 2.16. The van der Waals surface area contributed by atoms with Gasteiger partial charge in [-0.05, 0) is 54.6 Å². The molecule has 0 unspecified atom stereocenters. The molecule has 31 heavy (non-hydrogen) atoms. The van der Waals surface area contributed by atoms with Gasteiger partial charge in [-0.3, -0.25) is 9.59 Å². The molecular weight excluding hydrogens is 418 g/mol. The van der Waals surface area contributed by atoms with Crippen LogP contribution in [0.3, 0.4) is 0 Å². The number of furan rings is 1. The predicted octanol–water partition coefficient (Wildman–Crippen LogP) is 3.60. The lowest BCUT2D eigenvalue weighted by Crippen LogP contribution is -2.23. The highest BCUT2D eigenvalue weighted by molar-refractivity contribution is 7.89. The van der Waals surface area contributed by atoms with Crippen LogP contribution in [0.2, 0.25) is 0 Å². The summed E-state index contributed by atoms with van der Waals surface area (Å²) >= 11 is 0. The minimum atomic E-state index is -3.79. The molecule has 1 heterocycles. The number of amides is 2. The van der Waals surface area contributed by atoms with Gasteiger partial charge >= 0.3 is 0 Å². The Kier molecular flexibility index (Phi) is 6.88. The molecule has 9 heteroatoms. The van der Waals surface area contributed by atoms with E-state index in [-0.39, 0.29) is 23.3 Å². The lowest BCUT2D eigenvalue weighted by atomic mass is 10.1. The van der Waals surface area contributed by atoms with E-state index in [1.54, 1.807) is 62.4 Å². The Bertz CT molecular complexity index is 1150. The summed E-state index contributed by atoms with van der Waals surface area (Å²) in [7, 11) is -3.79. The summed E-state index contributed by atoms with van der Waals surface area (Å²) in [5.41, 5.74) is 1.29. The standard InChI is InChI=1S/C22H23N3O5S/c1-15(2)21(26)24-17-10-8-16(9-11-17)22(27)25-18-5-3-7-20(13-18)31(28,29)23-14-19-6-4-12-30-19/h3-13,15,23H,14H2,1-2H3,(H,24,26)(H,25,27). The van der Waals surface area contributed by atoms with E-state index in [9.17, 15) is 18.0 Å². The first kappa shape index (κ1) is 22.3. The third-order valence-corrected chi connectivity index (χ3v) is 5.76. The van der Waals surface area contributed by atoms with Crippen molar-refractivity contribution in [1.82, 2.24) is 4.72 Å². The molecule has 162 valence electrons. The smallest absolute Gasteiger partial charge is 0.255 e. The van der Waals surface area contributed by atoms with Crippen molar-refractivity contribution in [3.8, 4) is 0 Å². The third-order valence-electron chi connectivity index (χ3n) is 4.36. The van der Waals surface area contributed by atoms with E-state index in [4.69, 9.17) is 4.42 Å². The molecule has 0 saturated heterocycles. The average molecular weight is 442 g/mol. The topological polar surface area (TPSA) is 118 Å². The lowest BCUT2D eigenvalue weighted by molar-refractivity contribution is -0.118. The molecule has 3 N–H and O–H groups in total. The van der Waals surface area contributed by atoms with E-state index in [0.29, 0.717) is 22.7 Å². The number of nitrogens with one attached hydrogen (secondary N) is 3. The van der Waals surface area contributed by atoms with Crippen molar-refractivity contribution in [1.29, 1.82) is 0 Å². The van der Waals surface area contributed by atoms with Gasteiger partial charge in [-0.1, -0.05) is 19.9 Å². The molecule has 0 aliphatic rings. The van der Waals surface area contributed by atoms with Crippen LogP contribution in [0.25, 0.3) is 0 Å². The van der Waals surface area contributed by atoms with E-state index in [1.165, 1.54) is 18.4 Å². The van der Waals surface area contributed by atoms with E-state index >= 15 is 0 Å². The molecule has 0 aliphatic heterocycles. The molecular formula is C22H23N3O5S. The fraction of sp³-hybridized carbons (Fsp3) is 0.182. The Morgan fingerprint density at radius 2 is 1.68 bits per heavy atom. The molecule has 0 saturated carbocycles.